The van der Waals surface area contributed by atoms with E-state index < -0.39 is 18.0 Å². The molecule has 7 nitrogen and oxygen atoms in total. The van der Waals surface area contributed by atoms with Gasteiger partial charge < -0.3 is 9.47 Å². The summed E-state index contributed by atoms with van der Waals surface area (Å²) >= 11 is 0. The Morgan fingerprint density at radius 3 is 2.19 bits per heavy atom. The van der Waals surface area contributed by atoms with Crippen molar-refractivity contribution in [2.75, 3.05) is 13.7 Å². The molecule has 1 heterocycles. The van der Waals surface area contributed by atoms with Crippen molar-refractivity contribution in [2.45, 2.75) is 25.9 Å². The summed E-state index contributed by atoms with van der Waals surface area (Å²) in [6, 6.07) is 10.7. The number of carbonyl (C=O) groups is 4. The van der Waals surface area contributed by atoms with Crippen molar-refractivity contribution in [2.24, 2.45) is 0 Å². The van der Waals surface area contributed by atoms with Crippen LogP contribution >= 0.6 is 0 Å². The molecule has 0 saturated carbocycles. The number of hydrogen-bond donors (Lipinski definition) is 0. The van der Waals surface area contributed by atoms with Crippen LogP contribution in [0.15, 0.2) is 36.4 Å². The van der Waals surface area contributed by atoms with Crippen molar-refractivity contribution in [1.82, 2.24) is 4.90 Å². The van der Waals surface area contributed by atoms with E-state index in [-0.39, 0.29) is 31.2 Å². The predicted molar refractivity (Wildman–Crippen MR) is 96.1 cm³/mol. The maximum atomic E-state index is 12.7. The van der Waals surface area contributed by atoms with Crippen LogP contribution in [-0.2, 0) is 19.1 Å². The minimum absolute atomic E-state index is 0.0236. The highest BCUT2D eigenvalue weighted by Gasteiger charge is 2.32. The second-order valence-corrected chi connectivity index (χ2v) is 6.23. The van der Waals surface area contributed by atoms with Crippen LogP contribution in [0.5, 0.6) is 0 Å². The van der Waals surface area contributed by atoms with Crippen molar-refractivity contribution >= 4 is 34.5 Å². The standard InChI is InChI=1S/C20H19NO6/c1-12(20(25)26-2)27-16(22)10-5-11-21-18(23)14-8-3-6-13-7-4-9-15(17(13)14)19(21)24/h3-4,6-9,12H,5,10-11H2,1-2H3. The van der Waals surface area contributed by atoms with Crippen LogP contribution in [0.2, 0.25) is 0 Å². The lowest BCUT2D eigenvalue weighted by Crippen LogP contribution is -2.41. The summed E-state index contributed by atoms with van der Waals surface area (Å²) in [4.78, 5) is 49.7. The zero-order valence-electron chi connectivity index (χ0n) is 15.1. The molecule has 2 aromatic rings. The first-order chi connectivity index (χ1) is 12.9. The van der Waals surface area contributed by atoms with Gasteiger partial charge in [0.15, 0.2) is 6.10 Å². The fourth-order valence-corrected chi connectivity index (χ4v) is 3.14. The van der Waals surface area contributed by atoms with E-state index >= 15 is 0 Å². The number of hydrogen-bond acceptors (Lipinski definition) is 6. The van der Waals surface area contributed by atoms with E-state index in [9.17, 15) is 19.2 Å². The Labute approximate surface area is 155 Å². The number of rotatable bonds is 6. The van der Waals surface area contributed by atoms with Crippen LogP contribution in [-0.4, -0.2) is 48.4 Å². The van der Waals surface area contributed by atoms with Crippen molar-refractivity contribution in [3.8, 4) is 0 Å². The van der Waals surface area contributed by atoms with Crippen LogP contribution in [0, 0.1) is 0 Å². The Morgan fingerprint density at radius 2 is 1.63 bits per heavy atom. The van der Waals surface area contributed by atoms with Gasteiger partial charge in [-0.2, -0.15) is 0 Å². The van der Waals surface area contributed by atoms with Gasteiger partial charge in [-0.25, -0.2) is 4.79 Å². The lowest BCUT2D eigenvalue weighted by molar-refractivity contribution is -0.164. The molecule has 0 aliphatic carbocycles. The molecule has 1 unspecified atom stereocenters. The van der Waals surface area contributed by atoms with E-state index in [1.807, 2.05) is 12.1 Å². The van der Waals surface area contributed by atoms with Gasteiger partial charge in [0.2, 0.25) is 0 Å². The highest BCUT2D eigenvalue weighted by atomic mass is 16.6. The largest absolute Gasteiger partial charge is 0.466 e. The first-order valence-electron chi connectivity index (χ1n) is 8.59. The quantitative estimate of drug-likeness (QED) is 0.573. The molecule has 1 aliphatic rings. The van der Waals surface area contributed by atoms with Crippen molar-refractivity contribution < 1.29 is 28.7 Å². The molecular weight excluding hydrogens is 350 g/mol. The lowest BCUT2D eigenvalue weighted by Gasteiger charge is -2.27. The molecule has 3 rings (SSSR count). The third-order valence-corrected chi connectivity index (χ3v) is 4.46. The van der Waals surface area contributed by atoms with Gasteiger partial charge >= 0.3 is 11.9 Å². The lowest BCUT2D eigenvalue weighted by atomic mass is 9.94. The molecule has 0 saturated heterocycles. The number of benzene rings is 2. The van der Waals surface area contributed by atoms with Crippen LogP contribution < -0.4 is 0 Å². The van der Waals surface area contributed by atoms with Crippen molar-refractivity contribution in [1.29, 1.82) is 0 Å². The van der Waals surface area contributed by atoms with Gasteiger partial charge in [0.05, 0.1) is 7.11 Å². The van der Waals surface area contributed by atoms with Gasteiger partial charge in [-0.15, -0.1) is 0 Å². The summed E-state index contributed by atoms with van der Waals surface area (Å²) in [5, 5.41) is 1.50. The first-order valence-corrected chi connectivity index (χ1v) is 8.59. The van der Waals surface area contributed by atoms with Crippen molar-refractivity contribution in [3.63, 3.8) is 0 Å². The molecule has 0 bridgehead atoms. The van der Waals surface area contributed by atoms with E-state index in [1.165, 1.54) is 14.0 Å². The number of methoxy groups -OCH3 is 1. The first kappa shape index (κ1) is 18.6. The zero-order valence-corrected chi connectivity index (χ0v) is 15.1. The minimum Gasteiger partial charge on any atom is -0.466 e. The third kappa shape index (κ3) is 3.53. The Bertz CT molecular complexity index is 884. The smallest absolute Gasteiger partial charge is 0.346 e. The summed E-state index contributed by atoms with van der Waals surface area (Å²) < 4.78 is 9.43. The van der Waals surface area contributed by atoms with Crippen LogP contribution in [0.3, 0.4) is 0 Å². The predicted octanol–water partition coefficient (Wildman–Crippen LogP) is 2.32. The highest BCUT2D eigenvalue weighted by molar-refractivity contribution is 6.25. The van der Waals surface area contributed by atoms with Gasteiger partial charge in [0.25, 0.3) is 11.8 Å². The maximum absolute atomic E-state index is 12.7. The van der Waals surface area contributed by atoms with E-state index in [1.54, 1.807) is 24.3 Å². The van der Waals surface area contributed by atoms with Crippen LogP contribution in [0.25, 0.3) is 10.8 Å². The van der Waals surface area contributed by atoms with E-state index in [0.717, 1.165) is 10.3 Å². The molecule has 2 aromatic carbocycles. The molecule has 0 radical (unpaired) electrons. The SMILES string of the molecule is COC(=O)C(C)OC(=O)CCCN1C(=O)c2cccc3cccc(c23)C1=O. The Kier molecular flexibility index (Phi) is 5.21. The van der Waals surface area contributed by atoms with Gasteiger partial charge in [-0.1, -0.05) is 24.3 Å². The molecule has 1 atom stereocenters. The van der Waals surface area contributed by atoms with Crippen molar-refractivity contribution in [3.05, 3.63) is 47.5 Å². The molecule has 0 spiro atoms. The normalized spacial score (nSPS) is 14.2. The maximum Gasteiger partial charge on any atom is 0.346 e. The van der Waals surface area contributed by atoms with E-state index in [0.29, 0.717) is 16.5 Å². The Hall–Kier alpha value is -3.22. The molecular formula is C20H19NO6. The summed E-state index contributed by atoms with van der Waals surface area (Å²) in [7, 11) is 1.21. The summed E-state index contributed by atoms with van der Waals surface area (Å²) in [6.07, 6.45) is -0.780. The van der Waals surface area contributed by atoms with Gasteiger partial charge in [-0.05, 0) is 30.9 Å². The molecule has 27 heavy (non-hydrogen) atoms. The van der Waals surface area contributed by atoms with Gasteiger partial charge in [0, 0.05) is 29.5 Å². The molecule has 0 N–H and O–H groups in total. The second kappa shape index (κ2) is 7.57. The number of esters is 2. The monoisotopic (exact) mass is 369 g/mol. The minimum atomic E-state index is -0.995. The van der Waals surface area contributed by atoms with E-state index in [4.69, 9.17) is 4.74 Å². The van der Waals surface area contributed by atoms with Crippen LogP contribution in [0.4, 0.5) is 0 Å². The Balaban J connectivity index is 1.67. The van der Waals surface area contributed by atoms with Crippen LogP contribution in [0.1, 0.15) is 40.5 Å². The second-order valence-electron chi connectivity index (χ2n) is 6.23. The average molecular weight is 369 g/mol. The molecule has 1 aliphatic heterocycles. The molecule has 140 valence electrons. The zero-order chi connectivity index (χ0) is 19.6. The van der Waals surface area contributed by atoms with Gasteiger partial charge in [0.1, 0.15) is 0 Å². The summed E-state index contributed by atoms with van der Waals surface area (Å²) in [5.41, 5.74) is 0.953. The van der Waals surface area contributed by atoms with Gasteiger partial charge in [-0.3, -0.25) is 19.3 Å². The number of amides is 2. The molecule has 0 fully saturated rings. The third-order valence-electron chi connectivity index (χ3n) is 4.46. The number of nitrogens with zero attached hydrogens (tertiary/aromatic N) is 1. The summed E-state index contributed by atoms with van der Waals surface area (Å²) in [6.45, 7) is 1.50. The number of ether oxygens (including phenoxy) is 2. The molecule has 7 heteroatoms. The number of carbonyl (C=O) groups excluding carboxylic acids is 4. The fraction of sp³-hybridized carbons (Fsp3) is 0.300. The molecule has 0 aromatic heterocycles. The van der Waals surface area contributed by atoms with E-state index in [2.05, 4.69) is 4.74 Å². The topological polar surface area (TPSA) is 90.0 Å². The Morgan fingerprint density at radius 1 is 1.04 bits per heavy atom. The highest BCUT2D eigenvalue weighted by Crippen LogP contribution is 2.30. The number of imide groups is 1. The average Bonchev–Trinajstić information content (AvgIpc) is 2.67. The fourth-order valence-electron chi connectivity index (χ4n) is 3.14. The molecule has 2 amide bonds. The summed E-state index contributed by atoms with van der Waals surface area (Å²) in [5.74, 6) is -1.98.